The summed E-state index contributed by atoms with van der Waals surface area (Å²) >= 11 is 1.38. The number of aryl methyl sites for hydroxylation is 2. The van der Waals surface area contributed by atoms with Crippen LogP contribution in [-0.4, -0.2) is 38.0 Å². The standard InChI is InChI=1S/C24H23FN6O2S/c1-15-12-16(2)28-24(27-15)34-14-21-22(29-30-31(21)19-8-6-18(25)7-9-19)23(32)26-13-17-4-10-20(33-3)11-5-17/h4-12H,13-14H2,1-3H3,(H,26,32). The number of rotatable bonds is 8. The molecule has 0 unspecified atom stereocenters. The lowest BCUT2D eigenvalue weighted by Gasteiger charge is -2.09. The molecule has 0 saturated carbocycles. The van der Waals surface area contributed by atoms with Crippen LogP contribution in [0.25, 0.3) is 5.69 Å². The Bertz CT molecular complexity index is 1270. The van der Waals surface area contributed by atoms with E-state index in [-0.39, 0.29) is 17.4 Å². The number of carbonyl (C=O) groups excluding carboxylic acids is 1. The Kier molecular flexibility index (Phi) is 7.17. The van der Waals surface area contributed by atoms with Crippen LogP contribution in [0.4, 0.5) is 4.39 Å². The molecule has 2 aromatic carbocycles. The highest BCUT2D eigenvalue weighted by Gasteiger charge is 2.21. The van der Waals surface area contributed by atoms with Crippen molar-refractivity contribution in [2.45, 2.75) is 31.3 Å². The predicted octanol–water partition coefficient (Wildman–Crippen LogP) is 4.04. The number of ether oxygens (including phenoxy) is 1. The molecule has 2 heterocycles. The maximum atomic E-state index is 13.5. The number of hydrogen-bond donors (Lipinski definition) is 1. The molecule has 4 rings (SSSR count). The third kappa shape index (κ3) is 5.57. The van der Waals surface area contributed by atoms with Crippen LogP contribution in [0.3, 0.4) is 0 Å². The fourth-order valence-electron chi connectivity index (χ4n) is 3.30. The second-order valence-corrected chi connectivity index (χ2v) is 8.47. The third-order valence-electron chi connectivity index (χ3n) is 4.96. The maximum absolute atomic E-state index is 13.5. The summed E-state index contributed by atoms with van der Waals surface area (Å²) in [6.45, 7) is 4.13. The molecular formula is C24H23FN6O2S. The van der Waals surface area contributed by atoms with E-state index in [2.05, 4.69) is 25.6 Å². The lowest BCUT2D eigenvalue weighted by molar-refractivity contribution is 0.0945. The van der Waals surface area contributed by atoms with Crippen molar-refractivity contribution >= 4 is 17.7 Å². The van der Waals surface area contributed by atoms with E-state index in [1.165, 1.54) is 28.6 Å². The van der Waals surface area contributed by atoms with Gasteiger partial charge in [-0.3, -0.25) is 4.79 Å². The molecule has 0 saturated heterocycles. The number of nitrogens with one attached hydrogen (secondary N) is 1. The second kappa shape index (κ2) is 10.4. The fraction of sp³-hybridized carbons (Fsp3) is 0.208. The molecule has 0 bridgehead atoms. The maximum Gasteiger partial charge on any atom is 0.274 e. The summed E-state index contributed by atoms with van der Waals surface area (Å²) in [5.41, 5.74) is 3.98. The van der Waals surface area contributed by atoms with E-state index in [1.807, 2.05) is 44.2 Å². The molecule has 4 aromatic rings. The molecule has 0 atom stereocenters. The molecule has 0 spiro atoms. The van der Waals surface area contributed by atoms with Crippen LogP contribution in [0.15, 0.2) is 59.8 Å². The number of hydrogen-bond acceptors (Lipinski definition) is 7. The lowest BCUT2D eigenvalue weighted by atomic mass is 10.2. The molecule has 0 fully saturated rings. The molecular weight excluding hydrogens is 455 g/mol. The van der Waals surface area contributed by atoms with Gasteiger partial charge in [0.05, 0.1) is 18.5 Å². The van der Waals surface area contributed by atoms with E-state index >= 15 is 0 Å². The third-order valence-corrected chi connectivity index (χ3v) is 5.82. The van der Waals surface area contributed by atoms with Gasteiger partial charge >= 0.3 is 0 Å². The van der Waals surface area contributed by atoms with E-state index in [4.69, 9.17) is 4.74 Å². The molecule has 1 N–H and O–H groups in total. The van der Waals surface area contributed by atoms with Gasteiger partial charge in [-0.05, 0) is 61.9 Å². The van der Waals surface area contributed by atoms with Crippen molar-refractivity contribution in [3.8, 4) is 11.4 Å². The summed E-state index contributed by atoms with van der Waals surface area (Å²) in [5.74, 6) is 0.366. The fourth-order valence-corrected chi connectivity index (χ4v) is 4.24. The molecule has 0 aliphatic heterocycles. The number of nitrogens with zero attached hydrogens (tertiary/aromatic N) is 5. The van der Waals surface area contributed by atoms with E-state index in [1.54, 1.807) is 19.2 Å². The number of aromatic nitrogens is 5. The molecule has 0 aliphatic rings. The smallest absolute Gasteiger partial charge is 0.274 e. The summed E-state index contributed by atoms with van der Waals surface area (Å²) in [6, 6.07) is 15.2. The van der Waals surface area contributed by atoms with Crippen LogP contribution in [0, 0.1) is 19.7 Å². The molecule has 0 radical (unpaired) electrons. The second-order valence-electron chi connectivity index (χ2n) is 7.53. The molecule has 10 heteroatoms. The van der Waals surface area contributed by atoms with Crippen LogP contribution >= 0.6 is 11.8 Å². The van der Waals surface area contributed by atoms with Crippen molar-refractivity contribution in [3.05, 3.63) is 88.8 Å². The van der Waals surface area contributed by atoms with Crippen molar-refractivity contribution in [1.82, 2.24) is 30.3 Å². The lowest BCUT2D eigenvalue weighted by Crippen LogP contribution is -2.24. The number of benzene rings is 2. The first kappa shape index (κ1) is 23.4. The van der Waals surface area contributed by atoms with Gasteiger partial charge in [0.2, 0.25) is 0 Å². The highest BCUT2D eigenvalue weighted by Crippen LogP contribution is 2.24. The van der Waals surface area contributed by atoms with Gasteiger partial charge in [-0.25, -0.2) is 19.0 Å². The summed E-state index contributed by atoms with van der Waals surface area (Å²) in [5, 5.41) is 11.8. The van der Waals surface area contributed by atoms with Gasteiger partial charge in [0.25, 0.3) is 5.91 Å². The van der Waals surface area contributed by atoms with Crippen LogP contribution in [-0.2, 0) is 12.3 Å². The van der Waals surface area contributed by atoms with Crippen LogP contribution in [0.2, 0.25) is 0 Å². The number of carbonyl (C=O) groups is 1. The predicted molar refractivity (Wildman–Crippen MR) is 127 cm³/mol. The van der Waals surface area contributed by atoms with Gasteiger partial charge in [-0.15, -0.1) is 5.10 Å². The average Bonchev–Trinajstić information content (AvgIpc) is 3.25. The van der Waals surface area contributed by atoms with Gasteiger partial charge in [-0.2, -0.15) is 0 Å². The minimum atomic E-state index is -0.360. The van der Waals surface area contributed by atoms with E-state index in [0.29, 0.717) is 28.8 Å². The van der Waals surface area contributed by atoms with Crippen LogP contribution in [0.1, 0.15) is 33.1 Å². The molecule has 1 amide bonds. The number of thioether (sulfide) groups is 1. The molecule has 8 nitrogen and oxygen atoms in total. The molecule has 174 valence electrons. The first-order valence-corrected chi connectivity index (χ1v) is 11.5. The van der Waals surface area contributed by atoms with Crippen LogP contribution in [0.5, 0.6) is 5.75 Å². The van der Waals surface area contributed by atoms with E-state index < -0.39 is 0 Å². The van der Waals surface area contributed by atoms with Gasteiger partial charge in [-0.1, -0.05) is 29.1 Å². The monoisotopic (exact) mass is 478 g/mol. The Labute approximate surface area is 200 Å². The van der Waals surface area contributed by atoms with Crippen molar-refractivity contribution in [2.24, 2.45) is 0 Å². The average molecular weight is 479 g/mol. The van der Waals surface area contributed by atoms with Gasteiger partial charge in [0, 0.05) is 23.7 Å². The zero-order chi connectivity index (χ0) is 24.1. The first-order valence-electron chi connectivity index (χ1n) is 10.5. The summed E-state index contributed by atoms with van der Waals surface area (Å²) < 4.78 is 20.2. The summed E-state index contributed by atoms with van der Waals surface area (Å²) in [6.07, 6.45) is 0. The van der Waals surface area contributed by atoms with E-state index in [9.17, 15) is 9.18 Å². The largest absolute Gasteiger partial charge is 0.497 e. The van der Waals surface area contributed by atoms with Gasteiger partial charge in [0.1, 0.15) is 11.6 Å². The van der Waals surface area contributed by atoms with Crippen molar-refractivity contribution < 1.29 is 13.9 Å². The topological polar surface area (TPSA) is 94.8 Å². The van der Waals surface area contributed by atoms with Crippen molar-refractivity contribution in [2.75, 3.05) is 7.11 Å². The Morgan fingerprint density at radius 1 is 1.06 bits per heavy atom. The summed E-state index contributed by atoms with van der Waals surface area (Å²) in [7, 11) is 1.60. The van der Waals surface area contributed by atoms with Gasteiger partial charge < -0.3 is 10.1 Å². The number of amides is 1. The highest BCUT2D eigenvalue weighted by molar-refractivity contribution is 7.98. The molecule has 2 aromatic heterocycles. The number of halogens is 1. The number of methoxy groups -OCH3 is 1. The summed E-state index contributed by atoms with van der Waals surface area (Å²) in [4.78, 5) is 21.9. The van der Waals surface area contributed by atoms with Crippen LogP contribution < -0.4 is 10.1 Å². The van der Waals surface area contributed by atoms with Gasteiger partial charge in [0.15, 0.2) is 10.9 Å². The Balaban J connectivity index is 1.58. The minimum absolute atomic E-state index is 0.190. The molecule has 34 heavy (non-hydrogen) atoms. The zero-order valence-electron chi connectivity index (χ0n) is 18.9. The SMILES string of the molecule is COc1ccc(CNC(=O)c2nnn(-c3ccc(F)cc3)c2CSc2nc(C)cc(C)n2)cc1. The Morgan fingerprint density at radius 3 is 2.38 bits per heavy atom. The van der Waals surface area contributed by atoms with Crippen molar-refractivity contribution in [1.29, 1.82) is 0 Å². The van der Waals surface area contributed by atoms with E-state index in [0.717, 1.165) is 22.7 Å². The minimum Gasteiger partial charge on any atom is -0.497 e. The Morgan fingerprint density at radius 2 is 1.74 bits per heavy atom. The quantitative estimate of drug-likeness (QED) is 0.302. The highest BCUT2D eigenvalue weighted by atomic mass is 32.2. The van der Waals surface area contributed by atoms with Crippen molar-refractivity contribution in [3.63, 3.8) is 0 Å². The molecule has 0 aliphatic carbocycles. The first-order chi connectivity index (χ1) is 16.4. The Hall–Kier alpha value is -3.79. The zero-order valence-corrected chi connectivity index (χ0v) is 19.8. The normalized spacial score (nSPS) is 10.8.